The number of nitrogens with zero attached hydrogens (tertiary/aromatic N) is 1. The molecule has 0 bridgehead atoms. The van der Waals surface area contributed by atoms with Crippen LogP contribution < -0.4 is 16.0 Å². The van der Waals surface area contributed by atoms with Crippen LogP contribution >= 0.6 is 35.3 Å². The van der Waals surface area contributed by atoms with Gasteiger partial charge in [-0.2, -0.15) is 0 Å². The number of amides is 1. The normalized spacial score (nSPS) is 13.4. The molecule has 2 heterocycles. The number of fused-ring (bicyclic) bond motifs is 1. The fourth-order valence-electron chi connectivity index (χ4n) is 4.99. The summed E-state index contributed by atoms with van der Waals surface area (Å²) in [5.74, 6) is -0.554. The largest absolute Gasteiger partial charge is 0.462 e. The Labute approximate surface area is 272 Å². The molecular formula is C34H36N4O3S3. The van der Waals surface area contributed by atoms with E-state index in [1.165, 1.54) is 34.2 Å². The van der Waals surface area contributed by atoms with Gasteiger partial charge in [0.1, 0.15) is 5.00 Å². The Morgan fingerprint density at radius 2 is 1.75 bits per heavy atom. The number of hydrogen-bond donors (Lipinski definition) is 3. The minimum Gasteiger partial charge on any atom is -0.462 e. The Morgan fingerprint density at radius 3 is 2.50 bits per heavy atom. The molecule has 0 saturated carbocycles. The summed E-state index contributed by atoms with van der Waals surface area (Å²) < 4.78 is 5.42. The number of esters is 1. The number of thiocarbonyl (C=S) groups is 1. The first-order valence-electron chi connectivity index (χ1n) is 14.6. The summed E-state index contributed by atoms with van der Waals surface area (Å²) in [6.45, 7) is 8.37. The van der Waals surface area contributed by atoms with Crippen molar-refractivity contribution >= 4 is 68.7 Å². The Balaban J connectivity index is 1.24. The molecular weight excluding hydrogens is 609 g/mol. The number of rotatable bonds is 10. The van der Waals surface area contributed by atoms with Gasteiger partial charge < -0.3 is 20.7 Å². The molecule has 4 aromatic rings. The van der Waals surface area contributed by atoms with E-state index in [0.717, 1.165) is 52.8 Å². The first kappa shape index (κ1) is 31.7. The van der Waals surface area contributed by atoms with E-state index in [-0.39, 0.29) is 18.5 Å². The molecule has 3 aromatic carbocycles. The lowest BCUT2D eigenvalue weighted by molar-refractivity contribution is -0.115. The Morgan fingerprint density at radius 1 is 1.00 bits per heavy atom. The predicted molar refractivity (Wildman–Crippen MR) is 186 cm³/mol. The zero-order chi connectivity index (χ0) is 31.1. The monoisotopic (exact) mass is 644 g/mol. The molecule has 7 nitrogen and oxygen atoms in total. The number of nitrogens with one attached hydrogen (secondary N) is 3. The molecule has 1 aromatic heterocycles. The Bertz CT molecular complexity index is 1620. The van der Waals surface area contributed by atoms with Gasteiger partial charge in [0.05, 0.1) is 17.4 Å². The summed E-state index contributed by atoms with van der Waals surface area (Å²) in [5, 5.41) is 10.1. The van der Waals surface area contributed by atoms with Crippen LogP contribution in [0.3, 0.4) is 0 Å². The van der Waals surface area contributed by atoms with Crippen molar-refractivity contribution in [2.45, 2.75) is 50.4 Å². The van der Waals surface area contributed by atoms with Gasteiger partial charge in [0.15, 0.2) is 5.11 Å². The number of anilines is 3. The average Bonchev–Trinajstić information content (AvgIpc) is 3.36. The quantitative estimate of drug-likeness (QED) is 0.0920. The van der Waals surface area contributed by atoms with Crippen molar-refractivity contribution in [3.05, 3.63) is 106 Å². The number of carbonyl (C=O) groups excluding carboxylic acids is 2. The highest BCUT2D eigenvalue weighted by atomic mass is 32.2. The number of ether oxygens (including phenoxy) is 1. The number of thiophene rings is 1. The van der Waals surface area contributed by atoms with E-state index in [0.29, 0.717) is 15.7 Å². The molecule has 0 radical (unpaired) electrons. The van der Waals surface area contributed by atoms with Crippen molar-refractivity contribution in [3.8, 4) is 0 Å². The van der Waals surface area contributed by atoms with Crippen molar-refractivity contribution in [2.24, 2.45) is 0 Å². The number of aryl methyl sites for hydroxylation is 1. The van der Waals surface area contributed by atoms with Gasteiger partial charge in [-0.3, -0.25) is 9.69 Å². The smallest absolute Gasteiger partial charge is 0.341 e. The van der Waals surface area contributed by atoms with Crippen LogP contribution in [0.25, 0.3) is 0 Å². The molecule has 228 valence electrons. The van der Waals surface area contributed by atoms with Crippen LogP contribution in [0.2, 0.25) is 0 Å². The number of hydrogen-bond acceptors (Lipinski definition) is 7. The second kappa shape index (κ2) is 14.9. The van der Waals surface area contributed by atoms with E-state index in [1.807, 2.05) is 80.6 Å². The van der Waals surface area contributed by atoms with Crippen LogP contribution in [0.1, 0.15) is 45.8 Å². The number of thioether (sulfide) groups is 1. The molecule has 1 amide bonds. The molecule has 0 saturated heterocycles. The fourth-order valence-corrected chi connectivity index (χ4v) is 7.43. The van der Waals surface area contributed by atoms with Gasteiger partial charge >= 0.3 is 5.97 Å². The van der Waals surface area contributed by atoms with Crippen LogP contribution in [-0.4, -0.2) is 40.3 Å². The second-order valence-corrected chi connectivity index (χ2v) is 13.5. The predicted octanol–water partition coefficient (Wildman–Crippen LogP) is 7.72. The Hall–Kier alpha value is -3.70. The summed E-state index contributed by atoms with van der Waals surface area (Å²) in [5.41, 5.74) is 5.65. The van der Waals surface area contributed by atoms with Gasteiger partial charge in [-0.1, -0.05) is 54.1 Å². The van der Waals surface area contributed by atoms with Crippen molar-refractivity contribution < 1.29 is 14.3 Å². The minimum atomic E-state index is -0.411. The topological polar surface area (TPSA) is 82.7 Å². The zero-order valence-corrected chi connectivity index (χ0v) is 27.5. The summed E-state index contributed by atoms with van der Waals surface area (Å²) in [7, 11) is 0. The maximum Gasteiger partial charge on any atom is 0.341 e. The lowest BCUT2D eigenvalue weighted by Crippen LogP contribution is -2.30. The standard InChI is InChI=1S/C34H36N4O3S3/c1-4-41-33(40)30-28-17-18-38(20-24-9-6-5-7-10-24)21-29(28)44-32(30)37-31(39)23(3)43-27-12-8-11-26(19-27)36-34(42)35-25-15-13-22(2)14-16-25/h5-16,19,23H,4,17-18,20-21H2,1-3H3,(H,37,39)(H2,35,36,42). The van der Waals surface area contributed by atoms with Gasteiger partial charge in [0, 0.05) is 40.8 Å². The van der Waals surface area contributed by atoms with Gasteiger partial charge in [-0.05, 0) is 80.9 Å². The molecule has 1 aliphatic rings. The lowest BCUT2D eigenvalue weighted by atomic mass is 10.0. The molecule has 5 rings (SSSR count). The summed E-state index contributed by atoms with van der Waals surface area (Å²) >= 11 is 8.41. The van der Waals surface area contributed by atoms with Crippen molar-refractivity contribution in [1.82, 2.24) is 4.90 Å². The maximum absolute atomic E-state index is 13.4. The SMILES string of the molecule is CCOC(=O)c1c(NC(=O)C(C)Sc2cccc(NC(=S)Nc3ccc(C)cc3)c2)sc2c1CCN(Cc1ccccc1)C2. The molecule has 0 spiro atoms. The summed E-state index contributed by atoms with van der Waals surface area (Å²) in [4.78, 5) is 30.9. The highest BCUT2D eigenvalue weighted by Crippen LogP contribution is 2.38. The highest BCUT2D eigenvalue weighted by molar-refractivity contribution is 8.00. The summed E-state index contributed by atoms with van der Waals surface area (Å²) in [6.07, 6.45) is 0.730. The molecule has 1 atom stereocenters. The van der Waals surface area contributed by atoms with Crippen molar-refractivity contribution in [2.75, 3.05) is 29.1 Å². The van der Waals surface area contributed by atoms with Crippen LogP contribution in [0.15, 0.2) is 83.8 Å². The molecule has 0 aliphatic carbocycles. The molecule has 1 aliphatic heterocycles. The second-order valence-electron chi connectivity index (χ2n) is 10.6. The highest BCUT2D eigenvalue weighted by Gasteiger charge is 2.30. The van der Waals surface area contributed by atoms with Crippen molar-refractivity contribution in [3.63, 3.8) is 0 Å². The van der Waals surface area contributed by atoms with Crippen LogP contribution in [0.4, 0.5) is 16.4 Å². The van der Waals surface area contributed by atoms with E-state index >= 15 is 0 Å². The van der Waals surface area contributed by atoms with E-state index < -0.39 is 5.25 Å². The third-order valence-corrected chi connectivity index (χ3v) is 9.61. The van der Waals surface area contributed by atoms with Gasteiger partial charge in [-0.25, -0.2) is 4.79 Å². The maximum atomic E-state index is 13.4. The number of benzene rings is 3. The third kappa shape index (κ3) is 8.26. The zero-order valence-electron chi connectivity index (χ0n) is 25.0. The van der Waals surface area contributed by atoms with Gasteiger partial charge in [0.25, 0.3) is 0 Å². The van der Waals surface area contributed by atoms with E-state index in [1.54, 1.807) is 6.92 Å². The number of carbonyl (C=O) groups is 2. The van der Waals surface area contributed by atoms with Gasteiger partial charge in [0.2, 0.25) is 5.91 Å². The van der Waals surface area contributed by atoms with Crippen LogP contribution in [0, 0.1) is 6.92 Å². The van der Waals surface area contributed by atoms with Crippen molar-refractivity contribution in [1.29, 1.82) is 0 Å². The fraction of sp³-hybridized carbons (Fsp3) is 0.265. The van der Waals surface area contributed by atoms with Gasteiger partial charge in [-0.15, -0.1) is 23.1 Å². The first-order valence-corrected chi connectivity index (χ1v) is 16.7. The Kier molecular flexibility index (Phi) is 10.7. The molecule has 3 N–H and O–H groups in total. The van der Waals surface area contributed by atoms with E-state index in [2.05, 4.69) is 33.0 Å². The average molecular weight is 645 g/mol. The molecule has 10 heteroatoms. The van der Waals surface area contributed by atoms with Crippen LogP contribution in [-0.2, 0) is 29.0 Å². The molecule has 44 heavy (non-hydrogen) atoms. The first-order chi connectivity index (χ1) is 21.3. The van der Waals surface area contributed by atoms with E-state index in [9.17, 15) is 9.59 Å². The summed E-state index contributed by atoms with van der Waals surface area (Å²) in [6, 6.07) is 26.2. The minimum absolute atomic E-state index is 0.171. The molecule has 0 fully saturated rings. The lowest BCUT2D eigenvalue weighted by Gasteiger charge is -2.27. The van der Waals surface area contributed by atoms with Crippen LogP contribution in [0.5, 0.6) is 0 Å². The third-order valence-electron chi connectivity index (χ3n) is 7.18. The molecule has 1 unspecified atom stereocenters. The van der Waals surface area contributed by atoms with E-state index in [4.69, 9.17) is 17.0 Å².